The monoisotopic (exact) mass is 153 g/mol. The van der Waals surface area contributed by atoms with Crippen LogP contribution in [0.5, 0.6) is 0 Å². The molecule has 2 aliphatic rings. The fraction of sp³-hybridized carbons (Fsp3) is 1.00. The Kier molecular flexibility index (Phi) is 1.15. The van der Waals surface area contributed by atoms with Crippen LogP contribution in [0.25, 0.3) is 0 Å². The van der Waals surface area contributed by atoms with Crippen molar-refractivity contribution in [2.45, 2.75) is 58.7 Å². The van der Waals surface area contributed by atoms with Gasteiger partial charge in [0.15, 0.2) is 0 Å². The summed E-state index contributed by atoms with van der Waals surface area (Å²) < 4.78 is 0. The second-order valence-corrected chi connectivity index (χ2v) is 4.98. The van der Waals surface area contributed by atoms with Gasteiger partial charge in [0.1, 0.15) is 0 Å². The highest BCUT2D eigenvalue weighted by Gasteiger charge is 2.81. The zero-order valence-corrected chi connectivity index (χ0v) is 8.31. The van der Waals surface area contributed by atoms with Gasteiger partial charge < -0.3 is 0 Å². The van der Waals surface area contributed by atoms with Gasteiger partial charge >= 0.3 is 0 Å². The van der Waals surface area contributed by atoms with E-state index in [1.807, 2.05) is 0 Å². The van der Waals surface area contributed by atoms with Crippen LogP contribution >= 0.6 is 0 Å². The highest BCUT2D eigenvalue weighted by Crippen LogP contribution is 2.68. The molecule has 2 heterocycles. The first-order chi connectivity index (χ1) is 4.97. The van der Waals surface area contributed by atoms with Gasteiger partial charge in [-0.15, -0.1) is 0 Å². The van der Waals surface area contributed by atoms with E-state index in [4.69, 9.17) is 0 Å². The quantitative estimate of drug-likeness (QED) is 0.550. The van der Waals surface area contributed by atoms with E-state index in [1.165, 1.54) is 6.42 Å². The fourth-order valence-electron chi connectivity index (χ4n) is 2.71. The van der Waals surface area contributed by atoms with Crippen molar-refractivity contribution in [3.05, 3.63) is 0 Å². The summed E-state index contributed by atoms with van der Waals surface area (Å²) >= 11 is 0. The molecule has 0 aromatic rings. The molecule has 1 nitrogen and oxygen atoms in total. The minimum Gasteiger partial charge on any atom is -0.285 e. The lowest BCUT2D eigenvalue weighted by Gasteiger charge is -2.36. The van der Waals surface area contributed by atoms with Crippen LogP contribution in [0.3, 0.4) is 0 Å². The Balaban J connectivity index is 2.09. The molecule has 11 heavy (non-hydrogen) atoms. The summed E-state index contributed by atoms with van der Waals surface area (Å²) in [5, 5.41) is 0. The molecular weight excluding hydrogens is 134 g/mol. The van der Waals surface area contributed by atoms with Gasteiger partial charge in [-0.1, -0.05) is 20.8 Å². The Morgan fingerprint density at radius 2 is 1.91 bits per heavy atom. The Labute approximate surface area is 69.8 Å². The van der Waals surface area contributed by atoms with Gasteiger partial charge in [-0.05, 0) is 25.7 Å². The van der Waals surface area contributed by atoms with Crippen LogP contribution in [0.4, 0.5) is 0 Å². The molecule has 0 aliphatic carbocycles. The van der Waals surface area contributed by atoms with E-state index in [0.29, 0.717) is 11.0 Å². The molecule has 0 bridgehead atoms. The Bertz CT molecular complexity index is 185. The predicted octanol–water partition coefficient (Wildman–Crippen LogP) is 2.27. The molecular formula is C10H19N. The van der Waals surface area contributed by atoms with E-state index in [-0.39, 0.29) is 0 Å². The van der Waals surface area contributed by atoms with Gasteiger partial charge in [-0.3, -0.25) is 4.90 Å². The minimum absolute atomic E-state index is 0.518. The van der Waals surface area contributed by atoms with Gasteiger partial charge in [0.05, 0.1) is 0 Å². The molecule has 4 atom stereocenters. The standard InChI is InChI=1S/C10H19N/c1-6-9(3,4)10(5)8-7(2)11(8)10/h7-8H,6H2,1-5H3. The van der Waals surface area contributed by atoms with Crippen molar-refractivity contribution in [1.82, 2.24) is 4.90 Å². The molecule has 2 rings (SSSR count). The molecule has 4 unspecified atom stereocenters. The van der Waals surface area contributed by atoms with E-state index < -0.39 is 0 Å². The zero-order chi connectivity index (χ0) is 8.44. The van der Waals surface area contributed by atoms with E-state index >= 15 is 0 Å². The van der Waals surface area contributed by atoms with Gasteiger partial charge in [-0.25, -0.2) is 0 Å². The molecule has 0 saturated carbocycles. The van der Waals surface area contributed by atoms with Crippen LogP contribution in [0.2, 0.25) is 0 Å². The largest absolute Gasteiger partial charge is 0.285 e. The first-order valence-electron chi connectivity index (χ1n) is 4.75. The van der Waals surface area contributed by atoms with Crippen LogP contribution < -0.4 is 0 Å². The maximum absolute atomic E-state index is 2.64. The summed E-state index contributed by atoms with van der Waals surface area (Å²) in [5.41, 5.74) is 1.07. The van der Waals surface area contributed by atoms with E-state index in [2.05, 4.69) is 39.5 Å². The van der Waals surface area contributed by atoms with E-state index in [0.717, 1.165) is 12.1 Å². The Morgan fingerprint density at radius 1 is 1.45 bits per heavy atom. The lowest BCUT2D eigenvalue weighted by molar-refractivity contribution is 0.170. The first kappa shape index (κ1) is 7.60. The number of rotatable bonds is 2. The lowest BCUT2D eigenvalue weighted by atomic mass is 9.72. The average Bonchev–Trinajstić information content (AvgIpc) is 2.78. The highest BCUT2D eigenvalue weighted by atomic mass is 15.6. The van der Waals surface area contributed by atoms with Crippen molar-refractivity contribution in [3.63, 3.8) is 0 Å². The maximum atomic E-state index is 2.64. The third-order valence-corrected chi connectivity index (χ3v) is 4.40. The van der Waals surface area contributed by atoms with Crippen molar-refractivity contribution in [2.24, 2.45) is 5.41 Å². The second kappa shape index (κ2) is 1.66. The van der Waals surface area contributed by atoms with Crippen molar-refractivity contribution in [3.8, 4) is 0 Å². The van der Waals surface area contributed by atoms with Crippen LogP contribution in [0, 0.1) is 5.41 Å². The van der Waals surface area contributed by atoms with Crippen LogP contribution in [-0.2, 0) is 0 Å². The molecule has 0 aromatic carbocycles. The van der Waals surface area contributed by atoms with Crippen LogP contribution in [0.15, 0.2) is 0 Å². The molecule has 0 spiro atoms. The molecule has 64 valence electrons. The van der Waals surface area contributed by atoms with Gasteiger partial charge in [0, 0.05) is 17.6 Å². The van der Waals surface area contributed by atoms with Gasteiger partial charge in [0.25, 0.3) is 0 Å². The zero-order valence-electron chi connectivity index (χ0n) is 8.31. The highest BCUT2D eigenvalue weighted by molar-refractivity contribution is 5.37. The smallest absolute Gasteiger partial charge is 0.0445 e. The van der Waals surface area contributed by atoms with Gasteiger partial charge in [-0.2, -0.15) is 0 Å². The third kappa shape index (κ3) is 0.618. The van der Waals surface area contributed by atoms with Crippen molar-refractivity contribution < 1.29 is 0 Å². The summed E-state index contributed by atoms with van der Waals surface area (Å²) in [6.45, 7) is 11.8. The number of hydrogen-bond donors (Lipinski definition) is 0. The molecule has 0 radical (unpaired) electrons. The van der Waals surface area contributed by atoms with Gasteiger partial charge in [0.2, 0.25) is 0 Å². The molecule has 1 heteroatoms. The molecule has 0 N–H and O–H groups in total. The van der Waals surface area contributed by atoms with E-state index in [9.17, 15) is 0 Å². The lowest BCUT2D eigenvalue weighted by Crippen LogP contribution is -2.42. The van der Waals surface area contributed by atoms with Crippen molar-refractivity contribution in [1.29, 1.82) is 0 Å². The predicted molar refractivity (Wildman–Crippen MR) is 47.6 cm³/mol. The minimum atomic E-state index is 0.518. The number of fused-ring (bicyclic) bond motifs is 1. The topological polar surface area (TPSA) is 3.01 Å². The third-order valence-electron chi connectivity index (χ3n) is 4.40. The molecule has 2 saturated heterocycles. The molecule has 2 fully saturated rings. The molecule has 2 aliphatic heterocycles. The normalized spacial score (nSPS) is 53.7. The maximum Gasteiger partial charge on any atom is 0.0445 e. The summed E-state index contributed by atoms with van der Waals surface area (Å²) in [5.74, 6) is 0. The first-order valence-corrected chi connectivity index (χ1v) is 4.75. The van der Waals surface area contributed by atoms with Crippen LogP contribution in [-0.4, -0.2) is 22.5 Å². The van der Waals surface area contributed by atoms with Crippen molar-refractivity contribution >= 4 is 0 Å². The Hall–Kier alpha value is -0.0400. The summed E-state index contributed by atoms with van der Waals surface area (Å²) in [7, 11) is 0. The summed E-state index contributed by atoms with van der Waals surface area (Å²) in [6, 6.07) is 1.82. The summed E-state index contributed by atoms with van der Waals surface area (Å²) in [4.78, 5) is 2.64. The van der Waals surface area contributed by atoms with E-state index in [1.54, 1.807) is 0 Å². The number of hydrogen-bond acceptors (Lipinski definition) is 1. The fourth-order valence-corrected chi connectivity index (χ4v) is 2.71. The van der Waals surface area contributed by atoms with Crippen LogP contribution in [0.1, 0.15) is 41.0 Å². The average molecular weight is 153 g/mol. The van der Waals surface area contributed by atoms with Crippen molar-refractivity contribution in [2.75, 3.05) is 0 Å². The summed E-state index contributed by atoms with van der Waals surface area (Å²) in [6.07, 6.45) is 1.29. The number of nitrogens with zero attached hydrogens (tertiary/aromatic N) is 1. The molecule has 0 aromatic heterocycles. The SMILES string of the molecule is CCC(C)(C)C1(C)C2C(C)N21. The molecule has 0 amide bonds. The Morgan fingerprint density at radius 3 is 2.18 bits per heavy atom. The second-order valence-electron chi connectivity index (χ2n) is 4.98.